The monoisotopic (exact) mass is 555 g/mol. The van der Waals surface area contributed by atoms with Crippen LogP contribution in [-0.2, 0) is 4.79 Å². The Morgan fingerprint density at radius 1 is 1.11 bits per heavy atom. The molecule has 3 aromatic rings. The number of carbonyl (C=O) groups is 1. The summed E-state index contributed by atoms with van der Waals surface area (Å²) < 4.78 is 5.71. The van der Waals surface area contributed by atoms with Gasteiger partial charge in [-0.25, -0.2) is 4.98 Å². The molecule has 1 fully saturated rings. The Morgan fingerprint density at radius 3 is 2.47 bits per heavy atom. The van der Waals surface area contributed by atoms with Gasteiger partial charge in [-0.05, 0) is 63.3 Å². The first kappa shape index (κ1) is 27.5. The van der Waals surface area contributed by atoms with Crippen molar-refractivity contribution in [3.63, 3.8) is 0 Å². The van der Waals surface area contributed by atoms with Crippen molar-refractivity contribution < 1.29 is 9.53 Å². The predicted molar refractivity (Wildman–Crippen MR) is 156 cm³/mol. The fraction of sp³-hybridized carbons (Fsp3) is 0.296. The number of methoxy groups -OCH3 is 1. The summed E-state index contributed by atoms with van der Waals surface area (Å²) in [5.41, 5.74) is 2.96. The average molecular weight is 556 g/mol. The van der Waals surface area contributed by atoms with Gasteiger partial charge in [0.15, 0.2) is 5.82 Å². The lowest BCUT2D eigenvalue weighted by atomic mass is 10.0. The molecule has 1 aliphatic heterocycles. The molecule has 2 heterocycles. The van der Waals surface area contributed by atoms with Gasteiger partial charge in [0.1, 0.15) is 10.8 Å². The highest BCUT2D eigenvalue weighted by molar-refractivity contribution is 6.34. The zero-order chi connectivity index (χ0) is 27.2. The van der Waals surface area contributed by atoms with Crippen molar-refractivity contribution in [1.29, 1.82) is 0 Å². The van der Waals surface area contributed by atoms with Crippen molar-refractivity contribution in [3.8, 4) is 5.75 Å². The van der Waals surface area contributed by atoms with Gasteiger partial charge in [0, 0.05) is 36.6 Å². The van der Waals surface area contributed by atoms with E-state index in [9.17, 15) is 4.79 Å². The highest BCUT2D eigenvalue weighted by Crippen LogP contribution is 2.35. The summed E-state index contributed by atoms with van der Waals surface area (Å²) >= 11 is 12.7. The molecule has 0 spiro atoms. The van der Waals surface area contributed by atoms with E-state index < -0.39 is 0 Å². The summed E-state index contributed by atoms with van der Waals surface area (Å²) in [4.78, 5) is 25.0. The van der Waals surface area contributed by atoms with Crippen molar-refractivity contribution in [1.82, 2.24) is 14.9 Å². The maximum absolute atomic E-state index is 11.6. The molecular formula is C27H31Cl2N7O2. The molecule has 2 aromatic carbocycles. The molecule has 1 aromatic heterocycles. The summed E-state index contributed by atoms with van der Waals surface area (Å²) in [6, 6.07) is 11.7. The predicted octanol–water partition coefficient (Wildman–Crippen LogP) is 5.93. The van der Waals surface area contributed by atoms with Gasteiger partial charge in [-0.3, -0.25) is 4.79 Å². The number of piperidine rings is 1. The average Bonchev–Trinajstić information content (AvgIpc) is 2.92. The molecule has 11 heteroatoms. The molecule has 3 N–H and O–H groups in total. The Morgan fingerprint density at radius 2 is 1.82 bits per heavy atom. The number of nitrogens with one attached hydrogen (secondary N) is 3. The number of rotatable bonds is 9. The summed E-state index contributed by atoms with van der Waals surface area (Å²) in [5.74, 6) is 1.19. The van der Waals surface area contributed by atoms with Gasteiger partial charge in [0.2, 0.25) is 11.9 Å². The Bertz CT molecular complexity index is 1310. The second-order valence-corrected chi connectivity index (χ2v) is 9.91. The Labute approximate surface area is 232 Å². The SMILES string of the molecule is C=CC(=O)Nc1ccc(Nc2nc(Nc3ccc(N4CCC(N(C)C)CC4)c(OC)c3)ncc2Cl)cc1Cl. The molecule has 0 atom stereocenters. The second kappa shape index (κ2) is 12.3. The summed E-state index contributed by atoms with van der Waals surface area (Å²) in [5, 5.41) is 9.71. The maximum atomic E-state index is 11.6. The third-order valence-corrected chi connectivity index (χ3v) is 6.98. The Kier molecular flexibility index (Phi) is 8.93. The summed E-state index contributed by atoms with van der Waals surface area (Å²) in [7, 11) is 5.95. The highest BCUT2D eigenvalue weighted by Gasteiger charge is 2.23. The molecule has 1 saturated heterocycles. The number of benzene rings is 2. The smallest absolute Gasteiger partial charge is 0.247 e. The van der Waals surface area contributed by atoms with Crippen LogP contribution in [0.2, 0.25) is 10.0 Å². The second-order valence-electron chi connectivity index (χ2n) is 9.10. The molecule has 0 radical (unpaired) electrons. The largest absolute Gasteiger partial charge is 0.495 e. The molecule has 1 aliphatic rings. The van der Waals surface area contributed by atoms with Crippen LogP contribution in [0.3, 0.4) is 0 Å². The van der Waals surface area contributed by atoms with Gasteiger partial charge in [-0.2, -0.15) is 4.98 Å². The molecule has 4 rings (SSSR count). The molecule has 0 aliphatic carbocycles. The van der Waals surface area contributed by atoms with Crippen molar-refractivity contribution in [2.24, 2.45) is 0 Å². The molecule has 0 bridgehead atoms. The third kappa shape index (κ3) is 6.66. The molecule has 38 heavy (non-hydrogen) atoms. The standard InChI is InChI=1S/C27H31Cl2N7O2/c1-5-25(37)33-22-8-6-17(14-20(22)28)31-26-21(29)16-30-27(34-26)32-18-7-9-23(24(15-18)38-4)36-12-10-19(11-13-36)35(2)3/h5-9,14-16,19H,1,10-13H2,2-4H3,(H,33,37)(H2,30,31,32,34). The minimum absolute atomic E-state index is 0.338. The number of carbonyl (C=O) groups excluding carboxylic acids is 1. The summed E-state index contributed by atoms with van der Waals surface area (Å²) in [6.45, 7) is 5.40. The molecule has 200 valence electrons. The maximum Gasteiger partial charge on any atom is 0.247 e. The van der Waals surface area contributed by atoms with Crippen LogP contribution in [0.1, 0.15) is 12.8 Å². The van der Waals surface area contributed by atoms with E-state index in [-0.39, 0.29) is 5.91 Å². The highest BCUT2D eigenvalue weighted by atomic mass is 35.5. The van der Waals surface area contributed by atoms with E-state index in [4.69, 9.17) is 27.9 Å². The minimum atomic E-state index is -0.347. The van der Waals surface area contributed by atoms with E-state index in [2.05, 4.69) is 62.5 Å². The number of ether oxygens (including phenoxy) is 1. The van der Waals surface area contributed by atoms with E-state index >= 15 is 0 Å². The normalized spacial score (nSPS) is 13.8. The Balaban J connectivity index is 1.47. The number of nitrogens with zero attached hydrogens (tertiary/aromatic N) is 4. The zero-order valence-electron chi connectivity index (χ0n) is 21.6. The van der Waals surface area contributed by atoms with Crippen molar-refractivity contribution in [2.45, 2.75) is 18.9 Å². The number of amides is 1. The zero-order valence-corrected chi connectivity index (χ0v) is 23.1. The molecule has 0 unspecified atom stereocenters. The number of aromatic nitrogens is 2. The van der Waals surface area contributed by atoms with E-state index in [1.165, 1.54) is 12.3 Å². The van der Waals surface area contributed by atoms with Crippen molar-refractivity contribution in [2.75, 3.05) is 55.1 Å². The lowest BCUT2D eigenvalue weighted by Gasteiger charge is -2.37. The van der Waals surface area contributed by atoms with Crippen LogP contribution in [0, 0.1) is 0 Å². The van der Waals surface area contributed by atoms with E-state index in [0.29, 0.717) is 39.2 Å². The topological polar surface area (TPSA) is 94.6 Å². The van der Waals surface area contributed by atoms with Crippen LogP contribution >= 0.6 is 23.2 Å². The molecule has 1 amide bonds. The van der Waals surface area contributed by atoms with Gasteiger partial charge in [0.25, 0.3) is 0 Å². The summed E-state index contributed by atoms with van der Waals surface area (Å²) in [6.07, 6.45) is 4.92. The van der Waals surface area contributed by atoms with E-state index in [1.54, 1.807) is 25.3 Å². The Hall–Kier alpha value is -3.53. The quantitative estimate of drug-likeness (QED) is 0.279. The van der Waals surface area contributed by atoms with Gasteiger partial charge in [0.05, 0.1) is 29.7 Å². The number of anilines is 6. The lowest BCUT2D eigenvalue weighted by molar-refractivity contribution is -0.111. The van der Waals surface area contributed by atoms with Gasteiger partial charge >= 0.3 is 0 Å². The number of hydrogen-bond acceptors (Lipinski definition) is 8. The van der Waals surface area contributed by atoms with E-state index in [1.807, 2.05) is 12.1 Å². The molecule has 0 saturated carbocycles. The number of hydrogen-bond donors (Lipinski definition) is 3. The van der Waals surface area contributed by atoms with Crippen LogP contribution in [0.5, 0.6) is 5.75 Å². The first-order valence-electron chi connectivity index (χ1n) is 12.2. The van der Waals surface area contributed by atoms with Gasteiger partial charge < -0.3 is 30.5 Å². The molecular weight excluding hydrogens is 525 g/mol. The number of halogens is 2. The van der Waals surface area contributed by atoms with Gasteiger partial charge in [-0.1, -0.05) is 29.8 Å². The van der Waals surface area contributed by atoms with Crippen molar-refractivity contribution >= 4 is 63.6 Å². The minimum Gasteiger partial charge on any atom is -0.495 e. The molecule has 9 nitrogen and oxygen atoms in total. The first-order valence-corrected chi connectivity index (χ1v) is 12.9. The van der Waals surface area contributed by atoms with Crippen molar-refractivity contribution in [3.05, 3.63) is 65.3 Å². The van der Waals surface area contributed by atoms with Gasteiger partial charge in [-0.15, -0.1) is 0 Å². The lowest BCUT2D eigenvalue weighted by Crippen LogP contribution is -2.42. The third-order valence-electron chi connectivity index (χ3n) is 6.39. The van der Waals surface area contributed by atoms with Crippen LogP contribution < -0.4 is 25.6 Å². The fourth-order valence-corrected chi connectivity index (χ4v) is 4.66. The van der Waals surface area contributed by atoms with E-state index in [0.717, 1.165) is 43.1 Å². The van der Waals surface area contributed by atoms with Crippen LogP contribution in [-0.4, -0.2) is 61.1 Å². The van der Waals surface area contributed by atoms with Crippen LogP contribution in [0.15, 0.2) is 55.3 Å². The van der Waals surface area contributed by atoms with Crippen LogP contribution in [0.25, 0.3) is 0 Å². The fourth-order valence-electron chi connectivity index (χ4n) is 4.30. The van der Waals surface area contributed by atoms with Crippen LogP contribution in [0.4, 0.5) is 34.5 Å². The first-order chi connectivity index (χ1) is 18.3.